The van der Waals surface area contributed by atoms with Crippen LogP contribution in [-0.4, -0.2) is 41.2 Å². The molecule has 29 heavy (non-hydrogen) atoms. The number of methoxy groups -OCH3 is 1. The van der Waals surface area contributed by atoms with Crippen molar-refractivity contribution in [2.45, 2.75) is 65.5 Å². The Morgan fingerprint density at radius 1 is 1.24 bits per heavy atom. The topological polar surface area (TPSA) is 86.8 Å². The molecule has 2 rings (SSSR count). The molecule has 160 valence electrons. The fraction of sp³-hybridized carbons (Fsp3) is 0.619. The molecule has 1 aliphatic rings. The lowest BCUT2D eigenvalue weighted by Gasteiger charge is -2.27. The first-order valence-electron chi connectivity index (χ1n) is 9.97. The highest BCUT2D eigenvalue weighted by molar-refractivity contribution is 7.80. The minimum absolute atomic E-state index is 0.115. The number of hydrogen-bond acceptors (Lipinski definition) is 7. The van der Waals surface area contributed by atoms with E-state index in [0.717, 1.165) is 0 Å². The number of thiocarbonyl (C=S) groups is 1. The van der Waals surface area contributed by atoms with Gasteiger partial charge in [-0.1, -0.05) is 44.8 Å². The fourth-order valence-corrected chi connectivity index (χ4v) is 3.90. The lowest BCUT2D eigenvalue weighted by molar-refractivity contribution is -0.153. The van der Waals surface area contributed by atoms with Gasteiger partial charge in [-0.2, -0.15) is 0 Å². The van der Waals surface area contributed by atoms with Crippen molar-refractivity contribution in [3.05, 3.63) is 18.0 Å². The lowest BCUT2D eigenvalue weighted by atomic mass is 9.88. The minimum atomic E-state index is -0.682. The molecule has 1 heterocycles. The molecule has 1 aromatic heterocycles. The predicted molar refractivity (Wildman–Crippen MR) is 113 cm³/mol. The van der Waals surface area contributed by atoms with Crippen molar-refractivity contribution in [1.82, 2.24) is 10.3 Å². The van der Waals surface area contributed by atoms with Crippen LogP contribution < -0.4 is 14.8 Å². The molecule has 0 bridgehead atoms. The number of nitrogens with zero attached hydrogens (tertiary/aromatic N) is 1. The molecule has 0 saturated heterocycles. The van der Waals surface area contributed by atoms with Crippen molar-refractivity contribution in [3.8, 4) is 11.5 Å². The molecular weight excluding hydrogens is 392 g/mol. The first-order valence-corrected chi connectivity index (χ1v) is 10.4. The average molecular weight is 423 g/mol. The monoisotopic (exact) mass is 422 g/mol. The summed E-state index contributed by atoms with van der Waals surface area (Å²) in [6, 6.07) is 0.882. The van der Waals surface area contributed by atoms with Gasteiger partial charge >= 0.3 is 11.9 Å². The molecular formula is C21H30N2O5S. The summed E-state index contributed by atoms with van der Waals surface area (Å²) < 4.78 is 16.1. The molecule has 0 aliphatic heterocycles. The number of carbonyl (C=O) groups is 2. The molecule has 3 atom stereocenters. The van der Waals surface area contributed by atoms with Gasteiger partial charge in [0.2, 0.25) is 5.75 Å². The van der Waals surface area contributed by atoms with Crippen LogP contribution >= 0.6 is 12.2 Å². The van der Waals surface area contributed by atoms with E-state index in [-0.39, 0.29) is 28.5 Å². The molecule has 1 N–H and O–H groups in total. The van der Waals surface area contributed by atoms with E-state index in [4.69, 9.17) is 26.4 Å². The van der Waals surface area contributed by atoms with E-state index < -0.39 is 12.0 Å². The number of nitrogens with one attached hydrogen (secondary N) is 1. The van der Waals surface area contributed by atoms with Crippen molar-refractivity contribution < 1.29 is 23.8 Å². The van der Waals surface area contributed by atoms with E-state index in [1.807, 2.05) is 6.92 Å². The Bertz CT molecular complexity index is 749. The maximum absolute atomic E-state index is 12.6. The van der Waals surface area contributed by atoms with Gasteiger partial charge < -0.3 is 19.5 Å². The fourth-order valence-electron chi connectivity index (χ4n) is 3.58. The number of hydrogen-bond donors (Lipinski definition) is 1. The van der Waals surface area contributed by atoms with Crippen LogP contribution in [0.15, 0.2) is 12.3 Å². The molecule has 1 aromatic rings. The van der Waals surface area contributed by atoms with E-state index in [2.05, 4.69) is 17.2 Å². The highest BCUT2D eigenvalue weighted by Crippen LogP contribution is 2.34. The van der Waals surface area contributed by atoms with Gasteiger partial charge in [0.1, 0.15) is 22.8 Å². The standard InChI is InChI=1S/C21H30N2O5S/c1-12(16-8-6-7-9-16)14(3)27-21(25)13(2)23-20(29)18-19(28-15(4)24)17(26-5)10-11-22-18/h10-14,16H,6-9H2,1-5H3,(H,23,29)/t12-,13+,14+/m1/s1. The smallest absolute Gasteiger partial charge is 0.328 e. The molecule has 0 amide bonds. The normalized spacial score (nSPS) is 17.1. The lowest BCUT2D eigenvalue weighted by Crippen LogP contribution is -2.41. The van der Waals surface area contributed by atoms with Crippen molar-refractivity contribution >= 4 is 29.1 Å². The van der Waals surface area contributed by atoms with E-state index >= 15 is 0 Å². The first-order chi connectivity index (χ1) is 13.7. The van der Waals surface area contributed by atoms with Crippen LogP contribution in [0.5, 0.6) is 11.5 Å². The summed E-state index contributed by atoms with van der Waals surface area (Å²) in [6.07, 6.45) is 6.21. The third-order valence-electron chi connectivity index (χ3n) is 5.44. The second-order valence-electron chi connectivity index (χ2n) is 7.53. The summed E-state index contributed by atoms with van der Waals surface area (Å²) in [5.41, 5.74) is 0.224. The Kier molecular flexibility index (Phi) is 8.37. The summed E-state index contributed by atoms with van der Waals surface area (Å²) in [4.78, 5) is 28.3. The van der Waals surface area contributed by atoms with Crippen molar-refractivity contribution in [2.75, 3.05) is 7.11 Å². The van der Waals surface area contributed by atoms with Gasteiger partial charge in [0, 0.05) is 19.2 Å². The van der Waals surface area contributed by atoms with Crippen LogP contribution in [0.4, 0.5) is 0 Å². The van der Waals surface area contributed by atoms with Crippen LogP contribution in [-0.2, 0) is 14.3 Å². The van der Waals surface area contributed by atoms with Gasteiger partial charge in [-0.15, -0.1) is 0 Å². The van der Waals surface area contributed by atoms with Crippen molar-refractivity contribution in [1.29, 1.82) is 0 Å². The molecule has 1 aliphatic carbocycles. The Hall–Kier alpha value is -2.22. The summed E-state index contributed by atoms with van der Waals surface area (Å²) in [5, 5.41) is 2.92. The number of aromatic nitrogens is 1. The van der Waals surface area contributed by atoms with E-state index in [1.165, 1.54) is 45.9 Å². The second-order valence-corrected chi connectivity index (χ2v) is 7.93. The van der Waals surface area contributed by atoms with Crippen LogP contribution in [0.3, 0.4) is 0 Å². The largest absolute Gasteiger partial charge is 0.493 e. The zero-order valence-corrected chi connectivity index (χ0v) is 18.5. The molecule has 0 aromatic carbocycles. The van der Waals surface area contributed by atoms with Crippen LogP contribution in [0.25, 0.3) is 0 Å². The Morgan fingerprint density at radius 2 is 1.90 bits per heavy atom. The van der Waals surface area contributed by atoms with Gasteiger partial charge in [-0.25, -0.2) is 9.78 Å². The van der Waals surface area contributed by atoms with Crippen LogP contribution in [0.1, 0.15) is 59.1 Å². The van der Waals surface area contributed by atoms with Gasteiger partial charge in [0.15, 0.2) is 5.75 Å². The number of carbonyl (C=O) groups excluding carboxylic acids is 2. The summed E-state index contributed by atoms with van der Waals surface area (Å²) >= 11 is 5.39. The molecule has 1 fully saturated rings. The minimum Gasteiger partial charge on any atom is -0.493 e. The second kappa shape index (κ2) is 10.5. The zero-order chi connectivity index (χ0) is 21.6. The van der Waals surface area contributed by atoms with Gasteiger partial charge in [0.05, 0.1) is 7.11 Å². The molecule has 0 spiro atoms. The van der Waals surface area contributed by atoms with Crippen LogP contribution in [0, 0.1) is 11.8 Å². The number of rotatable bonds is 8. The Labute approximate surface area is 177 Å². The SMILES string of the molecule is COc1ccnc(C(=S)N[C@@H](C)C(=O)O[C@@H](C)[C@@H](C)C2CCCC2)c1OC(C)=O. The van der Waals surface area contributed by atoms with Crippen molar-refractivity contribution in [3.63, 3.8) is 0 Å². The van der Waals surface area contributed by atoms with Crippen LogP contribution in [0.2, 0.25) is 0 Å². The van der Waals surface area contributed by atoms with E-state index in [0.29, 0.717) is 17.6 Å². The number of pyridine rings is 1. The molecule has 1 saturated carbocycles. The van der Waals surface area contributed by atoms with Gasteiger partial charge in [0.25, 0.3) is 0 Å². The number of esters is 2. The van der Waals surface area contributed by atoms with E-state index in [1.54, 1.807) is 13.0 Å². The van der Waals surface area contributed by atoms with Gasteiger partial charge in [-0.3, -0.25) is 4.79 Å². The summed E-state index contributed by atoms with van der Waals surface area (Å²) in [7, 11) is 1.45. The quantitative estimate of drug-likeness (QED) is 0.504. The molecule has 8 heteroatoms. The third kappa shape index (κ3) is 6.13. The molecule has 0 unspecified atom stereocenters. The maximum Gasteiger partial charge on any atom is 0.328 e. The predicted octanol–water partition coefficient (Wildman–Crippen LogP) is 3.43. The molecule has 0 radical (unpaired) electrons. The van der Waals surface area contributed by atoms with Gasteiger partial charge in [-0.05, 0) is 25.7 Å². The zero-order valence-electron chi connectivity index (χ0n) is 17.7. The van der Waals surface area contributed by atoms with Crippen molar-refractivity contribution in [2.24, 2.45) is 11.8 Å². The third-order valence-corrected chi connectivity index (χ3v) is 5.75. The summed E-state index contributed by atoms with van der Waals surface area (Å²) in [6.45, 7) is 7.03. The summed E-state index contributed by atoms with van der Waals surface area (Å²) in [5.74, 6) is 0.446. The first kappa shape index (κ1) is 23.1. The highest BCUT2D eigenvalue weighted by atomic mass is 32.1. The average Bonchev–Trinajstić information content (AvgIpc) is 3.21. The highest BCUT2D eigenvalue weighted by Gasteiger charge is 2.29. The maximum atomic E-state index is 12.6. The molecule has 7 nitrogen and oxygen atoms in total. The van der Waals surface area contributed by atoms with E-state index in [9.17, 15) is 9.59 Å². The number of ether oxygens (including phenoxy) is 3. The Balaban J connectivity index is 2.02. The Morgan fingerprint density at radius 3 is 2.48 bits per heavy atom.